The molecule has 2 aromatic rings. The van der Waals surface area contributed by atoms with Crippen molar-refractivity contribution in [2.75, 3.05) is 5.32 Å². The van der Waals surface area contributed by atoms with Gasteiger partial charge in [-0.05, 0) is 46.3 Å². The van der Waals surface area contributed by atoms with Gasteiger partial charge in [0.1, 0.15) is 5.82 Å². The molecule has 0 radical (unpaired) electrons. The maximum absolute atomic E-state index is 12.0. The highest BCUT2D eigenvalue weighted by molar-refractivity contribution is 9.11. The van der Waals surface area contributed by atoms with Crippen LogP contribution in [-0.2, 0) is 0 Å². The van der Waals surface area contributed by atoms with Gasteiger partial charge in [-0.1, -0.05) is 31.9 Å². The first kappa shape index (κ1) is 13.7. The van der Waals surface area contributed by atoms with E-state index in [1.165, 1.54) is 0 Å². The molecule has 1 N–H and O–H groups in total. The van der Waals surface area contributed by atoms with Crippen LogP contribution in [0.5, 0.6) is 0 Å². The molecule has 0 saturated carbocycles. The van der Waals surface area contributed by atoms with Crippen LogP contribution in [0.4, 0.5) is 5.82 Å². The Morgan fingerprint density at radius 1 is 1.06 bits per heavy atom. The molecule has 3 nitrogen and oxygen atoms in total. The van der Waals surface area contributed by atoms with Gasteiger partial charge in [-0.25, -0.2) is 4.98 Å². The number of carbonyl (C=O) groups excluding carboxylic acids is 1. The Kier molecular flexibility index (Phi) is 4.53. The number of carbonyl (C=O) groups is 1. The Morgan fingerprint density at radius 3 is 2.44 bits per heavy atom. The molecule has 0 atom stereocenters. The molecule has 0 aliphatic carbocycles. The third-order valence-electron chi connectivity index (χ3n) is 2.14. The average molecular weight is 435 g/mol. The molecule has 1 aromatic carbocycles. The fourth-order valence-corrected chi connectivity index (χ4v) is 2.89. The largest absolute Gasteiger partial charge is 0.306 e. The van der Waals surface area contributed by atoms with E-state index in [4.69, 9.17) is 0 Å². The molecule has 0 aliphatic heterocycles. The highest BCUT2D eigenvalue weighted by atomic mass is 79.9. The average Bonchev–Trinajstić information content (AvgIpc) is 2.28. The highest BCUT2D eigenvalue weighted by Crippen LogP contribution is 2.23. The van der Waals surface area contributed by atoms with E-state index in [9.17, 15) is 4.79 Å². The third-order valence-corrected chi connectivity index (χ3v) is 3.78. The minimum Gasteiger partial charge on any atom is -0.306 e. The van der Waals surface area contributed by atoms with Gasteiger partial charge in [0, 0.05) is 19.6 Å². The number of benzene rings is 1. The van der Waals surface area contributed by atoms with Crippen molar-refractivity contribution in [3.8, 4) is 0 Å². The molecule has 1 heterocycles. The second-order valence-corrected chi connectivity index (χ2v) is 6.12. The van der Waals surface area contributed by atoms with Crippen molar-refractivity contribution in [3.05, 3.63) is 55.5 Å². The van der Waals surface area contributed by atoms with Gasteiger partial charge in [-0.2, -0.15) is 0 Å². The van der Waals surface area contributed by atoms with E-state index in [1.807, 2.05) is 12.1 Å². The van der Waals surface area contributed by atoms with Crippen molar-refractivity contribution in [2.24, 2.45) is 0 Å². The number of aromatic nitrogens is 1. The zero-order valence-corrected chi connectivity index (χ0v) is 13.7. The van der Waals surface area contributed by atoms with Crippen LogP contribution in [0.3, 0.4) is 0 Å². The van der Waals surface area contributed by atoms with E-state index in [2.05, 4.69) is 58.1 Å². The van der Waals surface area contributed by atoms with Crippen LogP contribution in [0, 0.1) is 0 Å². The van der Waals surface area contributed by atoms with Crippen LogP contribution in [-0.4, -0.2) is 10.9 Å². The van der Waals surface area contributed by atoms with Crippen LogP contribution in [0.1, 0.15) is 10.4 Å². The topological polar surface area (TPSA) is 42.0 Å². The second-order valence-electron chi connectivity index (χ2n) is 3.44. The normalized spacial score (nSPS) is 10.2. The summed E-state index contributed by atoms with van der Waals surface area (Å²) >= 11 is 10.0. The predicted octanol–water partition coefficient (Wildman–Crippen LogP) is 4.62. The zero-order chi connectivity index (χ0) is 13.1. The summed E-state index contributed by atoms with van der Waals surface area (Å²) in [6.07, 6.45) is 1.62. The predicted molar refractivity (Wildman–Crippen MR) is 81.7 cm³/mol. The van der Waals surface area contributed by atoms with Gasteiger partial charge < -0.3 is 5.32 Å². The van der Waals surface area contributed by atoms with Gasteiger partial charge >= 0.3 is 0 Å². The summed E-state index contributed by atoms with van der Waals surface area (Å²) in [6, 6.07) is 8.91. The molecule has 0 aliphatic rings. The van der Waals surface area contributed by atoms with Crippen molar-refractivity contribution in [3.63, 3.8) is 0 Å². The molecule has 1 amide bonds. The number of nitrogens with one attached hydrogen (secondary N) is 1. The quantitative estimate of drug-likeness (QED) is 0.749. The number of hydrogen-bond acceptors (Lipinski definition) is 2. The zero-order valence-electron chi connectivity index (χ0n) is 8.95. The summed E-state index contributed by atoms with van der Waals surface area (Å²) in [4.78, 5) is 16.1. The smallest absolute Gasteiger partial charge is 0.257 e. The minimum atomic E-state index is -0.208. The van der Waals surface area contributed by atoms with Crippen molar-refractivity contribution in [1.82, 2.24) is 4.98 Å². The SMILES string of the molecule is O=C(Nc1cc(Br)ccn1)c1ccc(Br)cc1Br. The van der Waals surface area contributed by atoms with Gasteiger partial charge in [0.05, 0.1) is 5.56 Å². The maximum atomic E-state index is 12.0. The lowest BCUT2D eigenvalue weighted by Crippen LogP contribution is -2.13. The minimum absolute atomic E-state index is 0.208. The molecule has 0 spiro atoms. The molecule has 0 bridgehead atoms. The first-order valence-electron chi connectivity index (χ1n) is 4.94. The fraction of sp³-hybridized carbons (Fsp3) is 0. The number of pyridine rings is 1. The monoisotopic (exact) mass is 432 g/mol. The van der Waals surface area contributed by atoms with Crippen molar-refractivity contribution >= 4 is 59.5 Å². The molecule has 2 rings (SSSR count). The first-order valence-corrected chi connectivity index (χ1v) is 7.32. The third kappa shape index (κ3) is 3.40. The molecular weight excluding hydrogens is 428 g/mol. The molecule has 92 valence electrons. The summed E-state index contributed by atoms with van der Waals surface area (Å²) < 4.78 is 2.50. The first-order chi connectivity index (χ1) is 8.56. The highest BCUT2D eigenvalue weighted by Gasteiger charge is 2.11. The number of halogens is 3. The molecule has 0 saturated heterocycles. The Bertz CT molecular complexity index is 602. The van der Waals surface area contributed by atoms with E-state index in [0.717, 1.165) is 13.4 Å². The van der Waals surface area contributed by atoms with Gasteiger partial charge in [0.25, 0.3) is 5.91 Å². The lowest BCUT2D eigenvalue weighted by molar-refractivity contribution is 0.102. The van der Waals surface area contributed by atoms with E-state index >= 15 is 0 Å². The summed E-state index contributed by atoms with van der Waals surface area (Å²) in [6.45, 7) is 0. The van der Waals surface area contributed by atoms with Crippen molar-refractivity contribution in [1.29, 1.82) is 0 Å². The summed E-state index contributed by atoms with van der Waals surface area (Å²) in [5, 5.41) is 2.73. The van der Waals surface area contributed by atoms with Gasteiger partial charge in [-0.15, -0.1) is 0 Å². The van der Waals surface area contributed by atoms with Crippen molar-refractivity contribution in [2.45, 2.75) is 0 Å². The van der Waals surface area contributed by atoms with E-state index < -0.39 is 0 Å². The lowest BCUT2D eigenvalue weighted by atomic mass is 10.2. The molecule has 18 heavy (non-hydrogen) atoms. The second kappa shape index (κ2) is 5.95. The maximum Gasteiger partial charge on any atom is 0.257 e. The van der Waals surface area contributed by atoms with E-state index in [0.29, 0.717) is 11.4 Å². The number of rotatable bonds is 2. The molecule has 0 fully saturated rings. The lowest BCUT2D eigenvalue weighted by Gasteiger charge is -2.06. The van der Waals surface area contributed by atoms with Crippen LogP contribution < -0.4 is 5.32 Å². The summed E-state index contributed by atoms with van der Waals surface area (Å²) in [5.41, 5.74) is 0.556. The number of amides is 1. The van der Waals surface area contributed by atoms with Gasteiger partial charge in [0.2, 0.25) is 0 Å². The standard InChI is InChI=1S/C12H7Br3N2O/c13-7-1-2-9(10(15)5-7)12(18)17-11-6-8(14)3-4-16-11/h1-6H,(H,16,17,18). The van der Waals surface area contributed by atoms with E-state index in [1.54, 1.807) is 24.4 Å². The van der Waals surface area contributed by atoms with Crippen LogP contribution in [0.25, 0.3) is 0 Å². The van der Waals surface area contributed by atoms with Crippen LogP contribution in [0.15, 0.2) is 49.9 Å². The number of nitrogens with zero attached hydrogens (tertiary/aromatic N) is 1. The van der Waals surface area contributed by atoms with Crippen molar-refractivity contribution < 1.29 is 4.79 Å². The van der Waals surface area contributed by atoms with Crippen LogP contribution in [0.2, 0.25) is 0 Å². The van der Waals surface area contributed by atoms with Crippen LogP contribution >= 0.6 is 47.8 Å². The summed E-state index contributed by atoms with van der Waals surface area (Å²) in [7, 11) is 0. The molecule has 6 heteroatoms. The van der Waals surface area contributed by atoms with Gasteiger partial charge in [0.15, 0.2) is 0 Å². The van der Waals surface area contributed by atoms with E-state index in [-0.39, 0.29) is 5.91 Å². The Balaban J connectivity index is 2.22. The Labute approximate surface area is 129 Å². The molecular formula is C12H7Br3N2O. The summed E-state index contributed by atoms with van der Waals surface area (Å²) in [5.74, 6) is 0.296. The molecule has 0 unspecified atom stereocenters. The Hall–Kier alpha value is -0.720. The Morgan fingerprint density at radius 2 is 1.78 bits per heavy atom. The van der Waals surface area contributed by atoms with Gasteiger partial charge in [-0.3, -0.25) is 4.79 Å². The fourth-order valence-electron chi connectivity index (χ4n) is 1.33. The number of anilines is 1. The molecule has 1 aromatic heterocycles. The number of hydrogen-bond donors (Lipinski definition) is 1.